The van der Waals surface area contributed by atoms with Crippen LogP contribution in [0.1, 0.15) is 37.7 Å². The fraction of sp³-hybridized carbons (Fsp3) is 0.562. The number of halogens is 1. The normalized spacial score (nSPS) is 22.5. The molecule has 1 fully saturated rings. The number of hydrogen-bond donors (Lipinski definition) is 2. The van der Waals surface area contributed by atoms with Crippen molar-refractivity contribution in [1.82, 2.24) is 5.32 Å². The van der Waals surface area contributed by atoms with Gasteiger partial charge in [-0.3, -0.25) is 4.79 Å². The topological polar surface area (TPSA) is 49.3 Å². The molecule has 1 saturated carbocycles. The summed E-state index contributed by atoms with van der Waals surface area (Å²) in [6, 6.07) is 7.75. The molecule has 0 bridgehead atoms. The number of carbonyl (C=O) groups excluding carboxylic acids is 1. The van der Waals surface area contributed by atoms with Crippen LogP contribution in [0.5, 0.6) is 0 Å². The van der Waals surface area contributed by atoms with E-state index in [-0.39, 0.29) is 24.5 Å². The van der Waals surface area contributed by atoms with Gasteiger partial charge < -0.3 is 10.4 Å². The molecule has 3 nitrogen and oxygen atoms in total. The van der Waals surface area contributed by atoms with E-state index >= 15 is 0 Å². The molecule has 1 aliphatic carbocycles. The number of nitrogens with one attached hydrogen (secondary N) is 1. The van der Waals surface area contributed by atoms with E-state index in [2.05, 4.69) is 5.32 Å². The van der Waals surface area contributed by atoms with Crippen molar-refractivity contribution in [2.75, 3.05) is 6.61 Å². The molecular formula is C16H22ClNO2. The number of benzene rings is 1. The number of rotatable bonds is 5. The van der Waals surface area contributed by atoms with Gasteiger partial charge in [0.1, 0.15) is 0 Å². The summed E-state index contributed by atoms with van der Waals surface area (Å²) < 4.78 is 0. The van der Waals surface area contributed by atoms with Crippen LogP contribution in [0.4, 0.5) is 0 Å². The van der Waals surface area contributed by atoms with E-state index in [0.29, 0.717) is 17.9 Å². The minimum atomic E-state index is 0.0512. The molecule has 1 amide bonds. The standard InChI is InChI=1S/C16H22ClNO2/c17-14-7-3-1-5-12(14)9-10-16(20)18-15-8-4-2-6-13(15)11-19/h1,3,5,7,13,15,19H,2,4,6,8-11H2,(H,18,20). The van der Waals surface area contributed by atoms with Crippen molar-refractivity contribution in [2.45, 2.75) is 44.6 Å². The Morgan fingerprint density at radius 3 is 2.80 bits per heavy atom. The average molecular weight is 296 g/mol. The van der Waals surface area contributed by atoms with E-state index in [1.165, 1.54) is 0 Å². The molecule has 2 rings (SSSR count). The second-order valence-corrected chi connectivity index (χ2v) is 5.90. The van der Waals surface area contributed by atoms with Gasteiger partial charge in [0.2, 0.25) is 5.91 Å². The number of carbonyl (C=O) groups is 1. The summed E-state index contributed by atoms with van der Waals surface area (Å²) >= 11 is 6.08. The Kier molecular flexibility index (Phi) is 5.86. The summed E-state index contributed by atoms with van der Waals surface area (Å²) in [4.78, 5) is 12.0. The SMILES string of the molecule is O=C(CCc1ccccc1Cl)NC1CCCCC1CO. The van der Waals surface area contributed by atoms with Crippen LogP contribution in [0.2, 0.25) is 5.02 Å². The Bertz CT molecular complexity index is 450. The lowest BCUT2D eigenvalue weighted by molar-refractivity contribution is -0.122. The monoisotopic (exact) mass is 295 g/mol. The lowest BCUT2D eigenvalue weighted by atomic mass is 9.85. The van der Waals surface area contributed by atoms with Gasteiger partial charge in [-0.2, -0.15) is 0 Å². The van der Waals surface area contributed by atoms with Crippen molar-refractivity contribution in [3.8, 4) is 0 Å². The number of aliphatic hydroxyl groups excluding tert-OH is 1. The van der Waals surface area contributed by atoms with Crippen molar-refractivity contribution in [3.05, 3.63) is 34.9 Å². The second-order valence-electron chi connectivity index (χ2n) is 5.49. The Morgan fingerprint density at radius 2 is 2.05 bits per heavy atom. The van der Waals surface area contributed by atoms with E-state index in [4.69, 9.17) is 11.6 Å². The zero-order chi connectivity index (χ0) is 14.4. The molecule has 4 heteroatoms. The molecule has 0 heterocycles. The maximum absolute atomic E-state index is 12.0. The smallest absolute Gasteiger partial charge is 0.220 e. The van der Waals surface area contributed by atoms with Crippen molar-refractivity contribution in [1.29, 1.82) is 0 Å². The molecular weight excluding hydrogens is 274 g/mol. The third kappa shape index (κ3) is 4.22. The summed E-state index contributed by atoms with van der Waals surface area (Å²) in [5.74, 6) is 0.267. The maximum atomic E-state index is 12.0. The second kappa shape index (κ2) is 7.65. The zero-order valence-electron chi connectivity index (χ0n) is 11.6. The first-order chi connectivity index (χ1) is 9.70. The van der Waals surface area contributed by atoms with Gasteiger partial charge in [-0.15, -0.1) is 0 Å². The summed E-state index contributed by atoms with van der Waals surface area (Å²) in [7, 11) is 0. The first-order valence-electron chi connectivity index (χ1n) is 7.34. The molecule has 0 spiro atoms. The minimum Gasteiger partial charge on any atom is -0.396 e. The summed E-state index contributed by atoms with van der Waals surface area (Å²) in [6.07, 6.45) is 5.36. The van der Waals surface area contributed by atoms with Gasteiger partial charge in [0.25, 0.3) is 0 Å². The number of hydrogen-bond acceptors (Lipinski definition) is 2. The van der Waals surface area contributed by atoms with Gasteiger partial charge >= 0.3 is 0 Å². The Morgan fingerprint density at radius 1 is 1.30 bits per heavy atom. The Labute approximate surface area is 125 Å². The van der Waals surface area contributed by atoms with Crippen molar-refractivity contribution in [3.63, 3.8) is 0 Å². The van der Waals surface area contributed by atoms with Gasteiger partial charge in [0.15, 0.2) is 0 Å². The molecule has 0 radical (unpaired) electrons. The van der Waals surface area contributed by atoms with E-state index in [9.17, 15) is 9.90 Å². The van der Waals surface area contributed by atoms with E-state index in [0.717, 1.165) is 31.2 Å². The lowest BCUT2D eigenvalue weighted by Crippen LogP contribution is -2.43. The van der Waals surface area contributed by atoms with E-state index in [1.54, 1.807) is 0 Å². The fourth-order valence-corrected chi connectivity index (χ4v) is 3.07. The van der Waals surface area contributed by atoms with Gasteiger partial charge in [0, 0.05) is 30.0 Å². The van der Waals surface area contributed by atoms with Crippen molar-refractivity contribution >= 4 is 17.5 Å². The van der Waals surface area contributed by atoms with E-state index < -0.39 is 0 Å². The van der Waals surface area contributed by atoms with Crippen LogP contribution >= 0.6 is 11.6 Å². The molecule has 1 aliphatic rings. The highest BCUT2D eigenvalue weighted by Gasteiger charge is 2.25. The van der Waals surface area contributed by atoms with Crippen molar-refractivity contribution in [2.24, 2.45) is 5.92 Å². The Balaban J connectivity index is 1.82. The molecule has 2 N–H and O–H groups in total. The molecule has 110 valence electrons. The predicted octanol–water partition coefficient (Wildman–Crippen LogP) is 2.94. The average Bonchev–Trinajstić information content (AvgIpc) is 2.47. The highest BCUT2D eigenvalue weighted by atomic mass is 35.5. The highest BCUT2D eigenvalue weighted by molar-refractivity contribution is 6.31. The number of aliphatic hydroxyl groups is 1. The van der Waals surface area contributed by atoms with Crippen LogP contribution in [0.25, 0.3) is 0 Å². The first-order valence-corrected chi connectivity index (χ1v) is 7.72. The van der Waals surface area contributed by atoms with Crippen LogP contribution in [-0.2, 0) is 11.2 Å². The molecule has 2 unspecified atom stereocenters. The molecule has 20 heavy (non-hydrogen) atoms. The fourth-order valence-electron chi connectivity index (χ4n) is 2.84. The van der Waals surface area contributed by atoms with Crippen molar-refractivity contribution < 1.29 is 9.90 Å². The number of amides is 1. The molecule has 2 atom stereocenters. The Hall–Kier alpha value is -1.06. The first kappa shape index (κ1) is 15.3. The third-order valence-corrected chi connectivity index (χ3v) is 4.44. The summed E-state index contributed by atoms with van der Waals surface area (Å²) in [5, 5.41) is 13.1. The van der Waals surface area contributed by atoms with Gasteiger partial charge in [0.05, 0.1) is 0 Å². The van der Waals surface area contributed by atoms with Crippen LogP contribution in [0, 0.1) is 5.92 Å². The third-order valence-electron chi connectivity index (χ3n) is 4.07. The van der Waals surface area contributed by atoms with E-state index in [1.807, 2.05) is 24.3 Å². The zero-order valence-corrected chi connectivity index (χ0v) is 12.4. The highest BCUT2D eigenvalue weighted by Crippen LogP contribution is 2.24. The molecule has 1 aromatic carbocycles. The van der Waals surface area contributed by atoms with Gasteiger partial charge in [-0.05, 0) is 30.9 Å². The molecule has 0 saturated heterocycles. The van der Waals surface area contributed by atoms with Crippen LogP contribution in [0.3, 0.4) is 0 Å². The summed E-state index contributed by atoms with van der Waals surface area (Å²) in [5.41, 5.74) is 1.01. The van der Waals surface area contributed by atoms with Gasteiger partial charge in [-0.25, -0.2) is 0 Å². The predicted molar refractivity (Wildman–Crippen MR) is 80.7 cm³/mol. The lowest BCUT2D eigenvalue weighted by Gasteiger charge is -2.30. The largest absolute Gasteiger partial charge is 0.396 e. The molecule has 0 aliphatic heterocycles. The molecule has 1 aromatic rings. The van der Waals surface area contributed by atoms with Crippen LogP contribution in [-0.4, -0.2) is 23.7 Å². The minimum absolute atomic E-state index is 0.0512. The van der Waals surface area contributed by atoms with Crippen LogP contribution in [0.15, 0.2) is 24.3 Å². The molecule has 0 aromatic heterocycles. The quantitative estimate of drug-likeness (QED) is 0.877. The maximum Gasteiger partial charge on any atom is 0.220 e. The summed E-state index contributed by atoms with van der Waals surface area (Å²) in [6.45, 7) is 0.162. The number of aryl methyl sites for hydroxylation is 1. The van der Waals surface area contributed by atoms with Gasteiger partial charge in [-0.1, -0.05) is 42.6 Å². The van der Waals surface area contributed by atoms with Crippen LogP contribution < -0.4 is 5.32 Å².